The highest BCUT2D eigenvalue weighted by Gasteiger charge is 2.21. The van der Waals surface area contributed by atoms with Gasteiger partial charge in [0.05, 0.1) is 17.7 Å². The molecule has 0 spiro atoms. The van der Waals surface area contributed by atoms with E-state index in [2.05, 4.69) is 5.32 Å². The second kappa shape index (κ2) is 9.24. The lowest BCUT2D eigenvalue weighted by molar-refractivity contribution is -0.118. The average molecular weight is 448 g/mol. The van der Waals surface area contributed by atoms with Crippen molar-refractivity contribution in [3.8, 4) is 11.3 Å². The van der Waals surface area contributed by atoms with Crippen LogP contribution in [-0.2, 0) is 9.53 Å². The van der Waals surface area contributed by atoms with E-state index in [1.807, 2.05) is 42.5 Å². The summed E-state index contributed by atoms with van der Waals surface area (Å²) in [6.45, 7) is 3.85. The van der Waals surface area contributed by atoms with Crippen molar-refractivity contribution in [3.05, 3.63) is 83.4 Å². The van der Waals surface area contributed by atoms with Gasteiger partial charge in [-0.05, 0) is 56.3 Å². The standard InChI is InChI=1S/C25H22ClN3O3/c1-3-32-25(31)18-9-12-20(13-10-18)27-24(30)16(2)29-22-14-11-19(26)15-21(22)23(28-29)17-7-5-4-6-8-17/h4-16H,3H2,1-2H3,(H,27,30)/t16-/m1/s1. The van der Waals surface area contributed by atoms with Gasteiger partial charge in [0.15, 0.2) is 0 Å². The van der Waals surface area contributed by atoms with Gasteiger partial charge in [0, 0.05) is 21.7 Å². The summed E-state index contributed by atoms with van der Waals surface area (Å²) in [6, 6.07) is 21.3. The van der Waals surface area contributed by atoms with E-state index in [-0.39, 0.29) is 5.91 Å². The number of amides is 1. The van der Waals surface area contributed by atoms with Crippen LogP contribution < -0.4 is 5.32 Å². The first-order valence-corrected chi connectivity index (χ1v) is 10.7. The summed E-state index contributed by atoms with van der Waals surface area (Å²) in [5.41, 5.74) is 3.54. The van der Waals surface area contributed by atoms with Crippen molar-refractivity contribution < 1.29 is 14.3 Å². The van der Waals surface area contributed by atoms with Crippen molar-refractivity contribution in [2.75, 3.05) is 11.9 Å². The molecule has 6 nitrogen and oxygen atoms in total. The van der Waals surface area contributed by atoms with Crippen LogP contribution in [0.2, 0.25) is 5.02 Å². The number of hydrogen-bond donors (Lipinski definition) is 1. The van der Waals surface area contributed by atoms with Crippen molar-refractivity contribution >= 4 is 40.1 Å². The van der Waals surface area contributed by atoms with E-state index in [1.54, 1.807) is 48.9 Å². The van der Waals surface area contributed by atoms with E-state index < -0.39 is 12.0 Å². The van der Waals surface area contributed by atoms with Crippen molar-refractivity contribution in [3.63, 3.8) is 0 Å². The van der Waals surface area contributed by atoms with Crippen molar-refractivity contribution in [2.45, 2.75) is 19.9 Å². The molecule has 32 heavy (non-hydrogen) atoms. The number of nitrogens with one attached hydrogen (secondary N) is 1. The molecule has 1 heterocycles. The van der Waals surface area contributed by atoms with Crippen molar-refractivity contribution in [1.82, 2.24) is 9.78 Å². The third-order valence-electron chi connectivity index (χ3n) is 5.13. The number of ether oxygens (including phenoxy) is 1. The molecule has 0 unspecified atom stereocenters. The second-order valence-electron chi connectivity index (χ2n) is 7.28. The van der Waals surface area contributed by atoms with Gasteiger partial charge < -0.3 is 10.1 Å². The maximum atomic E-state index is 13.0. The number of benzene rings is 3. The average Bonchev–Trinajstić information content (AvgIpc) is 3.18. The van der Waals surface area contributed by atoms with E-state index in [0.29, 0.717) is 22.9 Å². The molecular weight excluding hydrogens is 426 g/mol. The Morgan fingerprint density at radius 2 is 1.78 bits per heavy atom. The number of aromatic nitrogens is 2. The Bertz CT molecular complexity index is 1270. The van der Waals surface area contributed by atoms with Gasteiger partial charge in [-0.3, -0.25) is 9.48 Å². The minimum absolute atomic E-state index is 0.229. The molecule has 1 aromatic heterocycles. The highest BCUT2D eigenvalue weighted by atomic mass is 35.5. The molecule has 0 bridgehead atoms. The summed E-state index contributed by atoms with van der Waals surface area (Å²) in [7, 11) is 0. The molecule has 4 aromatic rings. The molecule has 0 fully saturated rings. The molecule has 162 valence electrons. The predicted molar refractivity (Wildman–Crippen MR) is 126 cm³/mol. The first-order chi connectivity index (χ1) is 15.5. The Labute approximate surface area is 190 Å². The fraction of sp³-hybridized carbons (Fsp3) is 0.160. The topological polar surface area (TPSA) is 73.2 Å². The van der Waals surface area contributed by atoms with Gasteiger partial charge in [0.1, 0.15) is 11.7 Å². The number of hydrogen-bond acceptors (Lipinski definition) is 4. The number of anilines is 1. The van der Waals surface area contributed by atoms with Gasteiger partial charge in [-0.15, -0.1) is 0 Å². The molecule has 0 saturated heterocycles. The van der Waals surface area contributed by atoms with Crippen LogP contribution in [0.25, 0.3) is 22.2 Å². The van der Waals surface area contributed by atoms with Crippen LogP contribution in [0.1, 0.15) is 30.2 Å². The Morgan fingerprint density at radius 3 is 2.47 bits per heavy atom. The summed E-state index contributed by atoms with van der Waals surface area (Å²) in [5, 5.41) is 9.12. The summed E-state index contributed by atoms with van der Waals surface area (Å²) in [4.78, 5) is 24.8. The fourth-order valence-electron chi connectivity index (χ4n) is 3.48. The van der Waals surface area contributed by atoms with E-state index >= 15 is 0 Å². The van der Waals surface area contributed by atoms with Gasteiger partial charge in [-0.1, -0.05) is 41.9 Å². The number of fused-ring (bicyclic) bond motifs is 1. The van der Waals surface area contributed by atoms with Crippen LogP contribution in [0.15, 0.2) is 72.8 Å². The zero-order chi connectivity index (χ0) is 22.7. The molecule has 0 aliphatic rings. The SMILES string of the molecule is CCOC(=O)c1ccc(NC(=O)[C@@H](C)n2nc(-c3ccccc3)c3cc(Cl)ccc32)cc1. The Balaban J connectivity index is 1.61. The highest BCUT2D eigenvalue weighted by Crippen LogP contribution is 2.32. The Kier molecular flexibility index (Phi) is 6.23. The molecular formula is C25H22ClN3O3. The maximum Gasteiger partial charge on any atom is 0.338 e. The Morgan fingerprint density at radius 1 is 1.06 bits per heavy atom. The minimum atomic E-state index is -0.583. The quantitative estimate of drug-likeness (QED) is 0.383. The van der Waals surface area contributed by atoms with Gasteiger partial charge >= 0.3 is 5.97 Å². The minimum Gasteiger partial charge on any atom is -0.462 e. The maximum absolute atomic E-state index is 13.0. The summed E-state index contributed by atoms with van der Waals surface area (Å²) in [6.07, 6.45) is 0. The van der Waals surface area contributed by atoms with Gasteiger partial charge in [-0.25, -0.2) is 4.79 Å². The number of carbonyl (C=O) groups is 2. The molecule has 1 N–H and O–H groups in total. The monoisotopic (exact) mass is 447 g/mol. The number of esters is 1. The second-order valence-corrected chi connectivity index (χ2v) is 7.72. The molecule has 0 aliphatic heterocycles. The van der Waals surface area contributed by atoms with Gasteiger partial charge in [0.2, 0.25) is 5.91 Å². The van der Waals surface area contributed by atoms with Crippen molar-refractivity contribution in [1.29, 1.82) is 0 Å². The Hall–Kier alpha value is -3.64. The molecule has 4 rings (SSSR count). The van der Waals surface area contributed by atoms with Crippen LogP contribution in [0.4, 0.5) is 5.69 Å². The van der Waals surface area contributed by atoms with Crippen LogP contribution in [0, 0.1) is 0 Å². The van der Waals surface area contributed by atoms with E-state index in [9.17, 15) is 9.59 Å². The molecule has 7 heteroatoms. The summed E-state index contributed by atoms with van der Waals surface area (Å²) < 4.78 is 6.69. The van der Waals surface area contributed by atoms with Crippen molar-refractivity contribution in [2.24, 2.45) is 0 Å². The lowest BCUT2D eigenvalue weighted by Gasteiger charge is -2.14. The smallest absolute Gasteiger partial charge is 0.338 e. The van der Waals surface area contributed by atoms with Crippen LogP contribution in [0.5, 0.6) is 0 Å². The third kappa shape index (κ3) is 4.36. The summed E-state index contributed by atoms with van der Waals surface area (Å²) >= 11 is 6.24. The molecule has 3 aromatic carbocycles. The van der Waals surface area contributed by atoms with Crippen LogP contribution in [0.3, 0.4) is 0 Å². The predicted octanol–water partition coefficient (Wildman–Crippen LogP) is 5.73. The molecule has 1 atom stereocenters. The summed E-state index contributed by atoms with van der Waals surface area (Å²) in [5.74, 6) is -0.623. The normalized spacial score (nSPS) is 11.8. The molecule has 0 aliphatic carbocycles. The van der Waals surface area contributed by atoms with E-state index in [4.69, 9.17) is 21.4 Å². The number of carbonyl (C=O) groups excluding carboxylic acids is 2. The first-order valence-electron chi connectivity index (χ1n) is 10.3. The number of rotatable bonds is 6. The largest absolute Gasteiger partial charge is 0.462 e. The molecule has 0 radical (unpaired) electrons. The third-order valence-corrected chi connectivity index (χ3v) is 5.36. The highest BCUT2D eigenvalue weighted by molar-refractivity contribution is 6.31. The van der Waals surface area contributed by atoms with Gasteiger partial charge in [-0.2, -0.15) is 5.10 Å². The first kappa shape index (κ1) is 21.6. The molecule has 1 amide bonds. The van der Waals surface area contributed by atoms with Crippen LogP contribution in [-0.4, -0.2) is 28.3 Å². The number of nitrogens with zero attached hydrogens (tertiary/aromatic N) is 2. The zero-order valence-electron chi connectivity index (χ0n) is 17.7. The van der Waals surface area contributed by atoms with Crippen LogP contribution >= 0.6 is 11.6 Å². The van der Waals surface area contributed by atoms with E-state index in [1.165, 1.54) is 0 Å². The zero-order valence-corrected chi connectivity index (χ0v) is 18.5. The fourth-order valence-corrected chi connectivity index (χ4v) is 3.65. The van der Waals surface area contributed by atoms with E-state index in [0.717, 1.165) is 22.2 Å². The lowest BCUT2D eigenvalue weighted by Crippen LogP contribution is -2.24. The number of halogens is 1. The lowest BCUT2D eigenvalue weighted by atomic mass is 10.1. The molecule has 0 saturated carbocycles. The van der Waals surface area contributed by atoms with Gasteiger partial charge in [0.25, 0.3) is 0 Å².